The van der Waals surface area contributed by atoms with Crippen molar-refractivity contribution >= 4 is 5.91 Å². The summed E-state index contributed by atoms with van der Waals surface area (Å²) >= 11 is 0. The monoisotopic (exact) mass is 380 g/mol. The number of amides is 1. The Kier molecular flexibility index (Phi) is 7.61. The maximum absolute atomic E-state index is 12.2. The molecule has 4 nitrogen and oxygen atoms in total. The molecule has 0 aliphatic carbocycles. The van der Waals surface area contributed by atoms with Gasteiger partial charge in [-0.15, -0.1) is 0 Å². The molecule has 1 aliphatic rings. The molecular formula is C24H32N2O2. The molecule has 0 spiro atoms. The fourth-order valence-electron chi connectivity index (χ4n) is 3.74. The Morgan fingerprint density at radius 1 is 1.00 bits per heavy atom. The summed E-state index contributed by atoms with van der Waals surface area (Å²) in [5, 5.41) is 0. The molecule has 1 saturated heterocycles. The van der Waals surface area contributed by atoms with E-state index in [2.05, 4.69) is 48.0 Å². The van der Waals surface area contributed by atoms with Gasteiger partial charge < -0.3 is 9.64 Å². The summed E-state index contributed by atoms with van der Waals surface area (Å²) in [6.07, 6.45) is 7.58. The minimum atomic E-state index is 0.324. The first-order valence-electron chi connectivity index (χ1n) is 10.4. The maximum atomic E-state index is 12.2. The van der Waals surface area contributed by atoms with Crippen LogP contribution in [0.4, 0.5) is 0 Å². The van der Waals surface area contributed by atoms with Crippen LogP contribution in [-0.2, 0) is 29.2 Å². The SMILES string of the molecule is CC(C)CC(=O)N1CCC(Cc2ccc(COCc3ccncc3)cc2)CC1. The number of pyridine rings is 1. The quantitative estimate of drug-likeness (QED) is 0.671. The van der Waals surface area contributed by atoms with E-state index >= 15 is 0 Å². The molecule has 0 unspecified atom stereocenters. The molecule has 0 bridgehead atoms. The summed E-state index contributed by atoms with van der Waals surface area (Å²) in [5.74, 6) is 1.44. The number of likely N-dealkylation sites (tertiary alicyclic amines) is 1. The molecule has 0 atom stereocenters. The molecule has 1 aromatic heterocycles. The smallest absolute Gasteiger partial charge is 0.222 e. The van der Waals surface area contributed by atoms with E-state index in [4.69, 9.17) is 4.74 Å². The highest BCUT2D eigenvalue weighted by molar-refractivity contribution is 5.76. The number of rotatable bonds is 8. The van der Waals surface area contributed by atoms with Gasteiger partial charge in [-0.3, -0.25) is 9.78 Å². The number of aromatic nitrogens is 1. The van der Waals surface area contributed by atoms with Crippen LogP contribution in [0.15, 0.2) is 48.8 Å². The summed E-state index contributed by atoms with van der Waals surface area (Å²) in [5.41, 5.74) is 3.72. The second-order valence-corrected chi connectivity index (χ2v) is 8.29. The second kappa shape index (κ2) is 10.4. The minimum absolute atomic E-state index is 0.324. The van der Waals surface area contributed by atoms with Crippen LogP contribution >= 0.6 is 0 Å². The molecule has 2 heterocycles. The van der Waals surface area contributed by atoms with Gasteiger partial charge in [0.2, 0.25) is 5.91 Å². The molecule has 150 valence electrons. The van der Waals surface area contributed by atoms with Gasteiger partial charge in [-0.2, -0.15) is 0 Å². The Morgan fingerprint density at radius 3 is 2.18 bits per heavy atom. The predicted molar refractivity (Wildman–Crippen MR) is 112 cm³/mol. The van der Waals surface area contributed by atoms with Crippen LogP contribution in [0.5, 0.6) is 0 Å². The number of carbonyl (C=O) groups is 1. The van der Waals surface area contributed by atoms with Gasteiger partial charge in [0.15, 0.2) is 0 Å². The van der Waals surface area contributed by atoms with E-state index in [-0.39, 0.29) is 0 Å². The van der Waals surface area contributed by atoms with E-state index in [1.54, 1.807) is 12.4 Å². The molecule has 3 rings (SSSR count). The molecule has 1 aromatic carbocycles. The molecular weight excluding hydrogens is 348 g/mol. The van der Waals surface area contributed by atoms with Crippen LogP contribution in [0.3, 0.4) is 0 Å². The molecule has 0 radical (unpaired) electrons. The van der Waals surface area contributed by atoms with Crippen molar-refractivity contribution in [2.75, 3.05) is 13.1 Å². The predicted octanol–water partition coefficient (Wildman–Crippen LogP) is 4.63. The third-order valence-electron chi connectivity index (χ3n) is 5.38. The van der Waals surface area contributed by atoms with Crippen molar-refractivity contribution in [1.29, 1.82) is 0 Å². The van der Waals surface area contributed by atoms with Crippen LogP contribution in [0.25, 0.3) is 0 Å². The molecule has 1 fully saturated rings. The van der Waals surface area contributed by atoms with E-state index in [0.29, 0.717) is 37.4 Å². The van der Waals surface area contributed by atoms with Crippen LogP contribution in [0.2, 0.25) is 0 Å². The van der Waals surface area contributed by atoms with Gasteiger partial charge in [-0.1, -0.05) is 38.1 Å². The lowest BCUT2D eigenvalue weighted by Crippen LogP contribution is -2.39. The molecule has 1 aliphatic heterocycles. The first-order chi connectivity index (χ1) is 13.6. The van der Waals surface area contributed by atoms with Crippen molar-refractivity contribution in [3.63, 3.8) is 0 Å². The molecule has 28 heavy (non-hydrogen) atoms. The first kappa shape index (κ1) is 20.5. The first-order valence-corrected chi connectivity index (χ1v) is 10.4. The fourth-order valence-corrected chi connectivity index (χ4v) is 3.74. The minimum Gasteiger partial charge on any atom is -0.372 e. The van der Waals surface area contributed by atoms with E-state index in [1.807, 2.05) is 12.1 Å². The highest BCUT2D eigenvalue weighted by Gasteiger charge is 2.23. The number of hydrogen-bond acceptors (Lipinski definition) is 3. The number of hydrogen-bond donors (Lipinski definition) is 0. The third kappa shape index (κ3) is 6.45. The highest BCUT2D eigenvalue weighted by Crippen LogP contribution is 2.23. The van der Waals surface area contributed by atoms with Gasteiger partial charge in [0, 0.05) is 31.9 Å². The van der Waals surface area contributed by atoms with Gasteiger partial charge in [-0.25, -0.2) is 0 Å². The Bertz CT molecular complexity index is 720. The van der Waals surface area contributed by atoms with Gasteiger partial charge in [0.05, 0.1) is 13.2 Å². The average Bonchev–Trinajstić information content (AvgIpc) is 2.70. The van der Waals surface area contributed by atoms with Crippen molar-refractivity contribution in [1.82, 2.24) is 9.88 Å². The van der Waals surface area contributed by atoms with Crippen molar-refractivity contribution in [2.24, 2.45) is 11.8 Å². The fraction of sp³-hybridized carbons (Fsp3) is 0.500. The number of ether oxygens (including phenoxy) is 1. The Morgan fingerprint density at radius 2 is 1.57 bits per heavy atom. The summed E-state index contributed by atoms with van der Waals surface area (Å²) in [4.78, 5) is 18.3. The zero-order valence-electron chi connectivity index (χ0n) is 17.1. The van der Waals surface area contributed by atoms with Crippen LogP contribution in [0.1, 0.15) is 49.8 Å². The van der Waals surface area contributed by atoms with Crippen molar-refractivity contribution in [2.45, 2.75) is 52.7 Å². The third-order valence-corrected chi connectivity index (χ3v) is 5.38. The normalized spacial score (nSPS) is 15.2. The van der Waals surface area contributed by atoms with Crippen LogP contribution in [-0.4, -0.2) is 28.9 Å². The topological polar surface area (TPSA) is 42.4 Å². The lowest BCUT2D eigenvalue weighted by Gasteiger charge is -2.32. The van der Waals surface area contributed by atoms with Gasteiger partial charge in [-0.05, 0) is 59.9 Å². The van der Waals surface area contributed by atoms with E-state index in [0.717, 1.165) is 37.9 Å². The molecule has 4 heteroatoms. The largest absolute Gasteiger partial charge is 0.372 e. The summed E-state index contributed by atoms with van der Waals surface area (Å²) < 4.78 is 5.79. The Hall–Kier alpha value is -2.20. The van der Waals surface area contributed by atoms with Crippen molar-refractivity contribution < 1.29 is 9.53 Å². The standard InChI is InChI=1S/C24H32N2O2/c1-19(2)15-24(27)26-13-9-21(10-14-26)16-20-3-5-22(6-4-20)17-28-18-23-7-11-25-12-8-23/h3-8,11-12,19,21H,9-10,13-18H2,1-2H3. The number of nitrogens with zero attached hydrogens (tertiary/aromatic N) is 2. The van der Waals surface area contributed by atoms with E-state index in [1.165, 1.54) is 11.1 Å². The number of piperidine rings is 1. The average molecular weight is 381 g/mol. The lowest BCUT2D eigenvalue weighted by atomic mass is 9.89. The summed E-state index contributed by atoms with van der Waals surface area (Å²) in [6, 6.07) is 12.7. The molecule has 0 N–H and O–H groups in total. The van der Waals surface area contributed by atoms with Gasteiger partial charge in [0.25, 0.3) is 0 Å². The number of carbonyl (C=O) groups excluding carboxylic acids is 1. The van der Waals surface area contributed by atoms with Crippen LogP contribution in [0, 0.1) is 11.8 Å². The van der Waals surface area contributed by atoms with Crippen LogP contribution < -0.4 is 0 Å². The van der Waals surface area contributed by atoms with Gasteiger partial charge >= 0.3 is 0 Å². The molecule has 1 amide bonds. The lowest BCUT2D eigenvalue weighted by molar-refractivity contribution is -0.133. The van der Waals surface area contributed by atoms with Crippen molar-refractivity contribution in [3.05, 3.63) is 65.5 Å². The summed E-state index contributed by atoms with van der Waals surface area (Å²) in [7, 11) is 0. The molecule has 2 aromatic rings. The van der Waals surface area contributed by atoms with E-state index < -0.39 is 0 Å². The van der Waals surface area contributed by atoms with Crippen molar-refractivity contribution in [3.8, 4) is 0 Å². The Balaban J connectivity index is 1.39. The second-order valence-electron chi connectivity index (χ2n) is 8.29. The summed E-state index contributed by atoms with van der Waals surface area (Å²) in [6.45, 7) is 7.28. The highest BCUT2D eigenvalue weighted by atomic mass is 16.5. The number of benzene rings is 1. The molecule has 0 saturated carbocycles. The van der Waals surface area contributed by atoms with Gasteiger partial charge in [0.1, 0.15) is 0 Å². The Labute approximate surface area is 168 Å². The zero-order chi connectivity index (χ0) is 19.8. The maximum Gasteiger partial charge on any atom is 0.222 e. The zero-order valence-corrected chi connectivity index (χ0v) is 17.1. The van der Waals surface area contributed by atoms with E-state index in [9.17, 15) is 4.79 Å².